The van der Waals surface area contributed by atoms with E-state index in [2.05, 4.69) is 10.3 Å². The molecule has 0 saturated carbocycles. The molecule has 2 aromatic rings. The number of carbonyl (C=O) groups is 3. The first-order chi connectivity index (χ1) is 13.1. The lowest BCUT2D eigenvalue weighted by molar-refractivity contribution is 0.0639. The number of fused-ring (bicyclic) bond motifs is 1. The highest BCUT2D eigenvalue weighted by Gasteiger charge is 2.36. The van der Waals surface area contributed by atoms with Crippen molar-refractivity contribution < 1.29 is 14.4 Å². The van der Waals surface area contributed by atoms with Gasteiger partial charge in [0.1, 0.15) is 0 Å². The molecule has 1 fully saturated rings. The Hall–Kier alpha value is -3.06. The van der Waals surface area contributed by atoms with Gasteiger partial charge in [0.2, 0.25) is 0 Å². The molecule has 7 nitrogen and oxygen atoms in total. The average Bonchev–Trinajstić information content (AvgIpc) is 2.93. The van der Waals surface area contributed by atoms with Gasteiger partial charge in [-0.05, 0) is 42.8 Å². The third kappa shape index (κ3) is 3.10. The maximum Gasteiger partial charge on any atom is 0.261 e. The number of nitrogens with zero attached hydrogens (tertiary/aromatic N) is 3. The summed E-state index contributed by atoms with van der Waals surface area (Å²) in [6.45, 7) is 4.29. The highest BCUT2D eigenvalue weighted by atomic mass is 16.2. The van der Waals surface area contributed by atoms with Crippen LogP contribution in [0.4, 0.5) is 0 Å². The summed E-state index contributed by atoms with van der Waals surface area (Å²) in [6, 6.07) is 8.40. The fourth-order valence-electron chi connectivity index (χ4n) is 3.55. The Morgan fingerprint density at radius 1 is 1.15 bits per heavy atom. The summed E-state index contributed by atoms with van der Waals surface area (Å²) in [5.41, 5.74) is 1.90. The van der Waals surface area contributed by atoms with Gasteiger partial charge < -0.3 is 10.2 Å². The van der Waals surface area contributed by atoms with E-state index in [1.54, 1.807) is 47.6 Å². The number of aromatic nitrogens is 1. The topological polar surface area (TPSA) is 82.6 Å². The molecule has 4 rings (SSSR count). The van der Waals surface area contributed by atoms with Gasteiger partial charge in [0.25, 0.3) is 17.7 Å². The molecule has 0 radical (unpaired) electrons. The zero-order valence-corrected chi connectivity index (χ0v) is 15.0. The minimum absolute atomic E-state index is 0.0834. The van der Waals surface area contributed by atoms with Gasteiger partial charge in [-0.25, -0.2) is 0 Å². The predicted molar refractivity (Wildman–Crippen MR) is 98.3 cm³/mol. The molecular weight excluding hydrogens is 344 g/mol. The molecule has 1 aromatic heterocycles. The highest BCUT2D eigenvalue weighted by molar-refractivity contribution is 6.22. The van der Waals surface area contributed by atoms with Crippen molar-refractivity contribution in [3.63, 3.8) is 0 Å². The van der Waals surface area contributed by atoms with E-state index in [9.17, 15) is 14.4 Å². The number of carbonyl (C=O) groups excluding carboxylic acids is 3. The molecule has 3 heterocycles. The van der Waals surface area contributed by atoms with Crippen LogP contribution in [0.2, 0.25) is 0 Å². The van der Waals surface area contributed by atoms with Crippen LogP contribution in [0.15, 0.2) is 42.7 Å². The molecule has 138 valence electrons. The quantitative estimate of drug-likeness (QED) is 0.831. The van der Waals surface area contributed by atoms with Gasteiger partial charge in [-0.1, -0.05) is 0 Å². The summed E-state index contributed by atoms with van der Waals surface area (Å²) in [7, 11) is 0. The highest BCUT2D eigenvalue weighted by Crippen LogP contribution is 2.26. The molecule has 2 aliphatic heterocycles. The number of hydrogen-bond donors (Lipinski definition) is 1. The Labute approximate surface area is 157 Å². The molecular formula is C20H20N4O3. The van der Waals surface area contributed by atoms with Crippen molar-refractivity contribution in [2.75, 3.05) is 19.6 Å². The third-order valence-electron chi connectivity index (χ3n) is 5.07. The van der Waals surface area contributed by atoms with E-state index in [4.69, 9.17) is 0 Å². The SMILES string of the molecule is CC1CNCCN1C(=O)c1ccc2c(c1)C(=O)N(Cc1ccncc1)C2=O. The lowest BCUT2D eigenvalue weighted by Gasteiger charge is -2.34. The van der Waals surface area contributed by atoms with Gasteiger partial charge in [-0.15, -0.1) is 0 Å². The van der Waals surface area contributed by atoms with E-state index in [1.165, 1.54) is 4.90 Å². The zero-order chi connectivity index (χ0) is 19.0. The second-order valence-electron chi connectivity index (χ2n) is 6.86. The van der Waals surface area contributed by atoms with E-state index in [-0.39, 0.29) is 30.3 Å². The number of imide groups is 1. The fourth-order valence-corrected chi connectivity index (χ4v) is 3.55. The van der Waals surface area contributed by atoms with Gasteiger partial charge in [0.05, 0.1) is 17.7 Å². The molecule has 0 spiro atoms. The summed E-state index contributed by atoms with van der Waals surface area (Å²) in [6.07, 6.45) is 3.25. The van der Waals surface area contributed by atoms with Gasteiger partial charge in [-0.3, -0.25) is 24.3 Å². The van der Waals surface area contributed by atoms with Crippen LogP contribution in [-0.4, -0.2) is 58.2 Å². The first-order valence-electron chi connectivity index (χ1n) is 8.97. The van der Waals surface area contributed by atoms with Crippen molar-refractivity contribution in [1.29, 1.82) is 0 Å². The maximum absolute atomic E-state index is 12.9. The number of benzene rings is 1. The molecule has 3 amide bonds. The van der Waals surface area contributed by atoms with Crippen LogP contribution in [0.1, 0.15) is 43.6 Å². The predicted octanol–water partition coefficient (Wildman–Crippen LogP) is 1.31. The van der Waals surface area contributed by atoms with E-state index in [1.807, 2.05) is 6.92 Å². The van der Waals surface area contributed by atoms with Crippen molar-refractivity contribution >= 4 is 17.7 Å². The molecule has 1 atom stereocenters. The molecule has 0 bridgehead atoms. The minimum Gasteiger partial charge on any atom is -0.333 e. The van der Waals surface area contributed by atoms with Crippen LogP contribution in [0.3, 0.4) is 0 Å². The van der Waals surface area contributed by atoms with Crippen molar-refractivity contribution in [2.24, 2.45) is 0 Å². The summed E-state index contributed by atoms with van der Waals surface area (Å²) in [4.78, 5) is 45.2. The van der Waals surface area contributed by atoms with Crippen LogP contribution in [-0.2, 0) is 6.54 Å². The lowest BCUT2D eigenvalue weighted by Crippen LogP contribution is -2.52. The molecule has 7 heteroatoms. The number of pyridine rings is 1. The Bertz CT molecular complexity index is 913. The van der Waals surface area contributed by atoms with Gasteiger partial charge in [-0.2, -0.15) is 0 Å². The Kier molecular flexibility index (Phi) is 4.45. The third-order valence-corrected chi connectivity index (χ3v) is 5.07. The molecule has 1 aromatic carbocycles. The molecule has 0 aliphatic carbocycles. The summed E-state index contributed by atoms with van der Waals surface area (Å²) < 4.78 is 0. The summed E-state index contributed by atoms with van der Waals surface area (Å²) >= 11 is 0. The smallest absolute Gasteiger partial charge is 0.261 e. The van der Waals surface area contributed by atoms with Crippen molar-refractivity contribution in [2.45, 2.75) is 19.5 Å². The standard InChI is InChI=1S/C20H20N4O3/c1-13-11-22-8-9-23(13)18(25)15-2-3-16-17(10-15)20(27)24(19(16)26)12-14-4-6-21-7-5-14/h2-7,10,13,22H,8-9,11-12H2,1H3. The monoisotopic (exact) mass is 364 g/mol. The van der Waals surface area contributed by atoms with Crippen LogP contribution in [0.25, 0.3) is 0 Å². The fraction of sp³-hybridized carbons (Fsp3) is 0.300. The number of rotatable bonds is 3. The molecule has 27 heavy (non-hydrogen) atoms. The van der Waals surface area contributed by atoms with E-state index >= 15 is 0 Å². The largest absolute Gasteiger partial charge is 0.333 e. The first kappa shape index (κ1) is 17.4. The Morgan fingerprint density at radius 2 is 1.89 bits per heavy atom. The van der Waals surface area contributed by atoms with Gasteiger partial charge in [0.15, 0.2) is 0 Å². The van der Waals surface area contributed by atoms with E-state index in [0.717, 1.165) is 18.7 Å². The minimum atomic E-state index is -0.366. The van der Waals surface area contributed by atoms with Crippen molar-refractivity contribution in [3.8, 4) is 0 Å². The number of hydrogen-bond acceptors (Lipinski definition) is 5. The summed E-state index contributed by atoms with van der Waals surface area (Å²) in [5, 5.41) is 3.25. The summed E-state index contributed by atoms with van der Waals surface area (Å²) in [5.74, 6) is -0.809. The van der Waals surface area contributed by atoms with Gasteiger partial charge in [0, 0.05) is 43.6 Å². The van der Waals surface area contributed by atoms with Gasteiger partial charge >= 0.3 is 0 Å². The Balaban J connectivity index is 1.59. The second-order valence-corrected chi connectivity index (χ2v) is 6.86. The first-order valence-corrected chi connectivity index (χ1v) is 8.97. The van der Waals surface area contributed by atoms with E-state index in [0.29, 0.717) is 23.2 Å². The van der Waals surface area contributed by atoms with Crippen molar-refractivity contribution in [1.82, 2.24) is 20.1 Å². The molecule has 2 aliphatic rings. The van der Waals surface area contributed by atoms with Crippen LogP contribution >= 0.6 is 0 Å². The van der Waals surface area contributed by atoms with Crippen LogP contribution < -0.4 is 5.32 Å². The van der Waals surface area contributed by atoms with Crippen LogP contribution in [0, 0.1) is 0 Å². The second kappa shape index (κ2) is 6.92. The molecule has 1 saturated heterocycles. The number of nitrogens with one attached hydrogen (secondary N) is 1. The normalized spacial score (nSPS) is 19.4. The maximum atomic E-state index is 12.9. The zero-order valence-electron chi connectivity index (χ0n) is 15.0. The molecule has 1 unspecified atom stereocenters. The lowest BCUT2D eigenvalue weighted by atomic mass is 10.0. The number of piperazine rings is 1. The Morgan fingerprint density at radius 3 is 2.63 bits per heavy atom. The van der Waals surface area contributed by atoms with Crippen molar-refractivity contribution in [3.05, 3.63) is 65.0 Å². The molecule has 1 N–H and O–H groups in total. The van der Waals surface area contributed by atoms with Crippen LogP contribution in [0.5, 0.6) is 0 Å². The van der Waals surface area contributed by atoms with E-state index < -0.39 is 0 Å². The average molecular weight is 364 g/mol. The number of amides is 3.